The average molecular weight is 281 g/mol. The van der Waals surface area contributed by atoms with Crippen LogP contribution in [-0.2, 0) is 0 Å². The number of nitrogens with one attached hydrogen (secondary N) is 1. The van der Waals surface area contributed by atoms with E-state index in [2.05, 4.69) is 15.2 Å². The Hall–Kier alpha value is -2.36. The first kappa shape index (κ1) is 13.6. The molecule has 2 aromatic rings. The van der Waals surface area contributed by atoms with Crippen LogP contribution in [0.3, 0.4) is 0 Å². The molecule has 0 spiro atoms. The van der Waals surface area contributed by atoms with Crippen molar-refractivity contribution in [2.45, 2.75) is 19.8 Å². The third kappa shape index (κ3) is 3.21. The predicted molar refractivity (Wildman–Crippen MR) is 84.8 cm³/mol. The van der Waals surface area contributed by atoms with E-state index in [-0.39, 0.29) is 5.91 Å². The molecule has 0 bridgehead atoms. The standard InChI is InChI=1S/C17H19N3O/c1-13-5-4-6-14(11-13)17(21)19-15-7-8-16(18-12-15)20-9-2-3-10-20/h4-8,11-12H,2-3,9-10H2,1H3,(H,19,21). The third-order valence-electron chi connectivity index (χ3n) is 3.72. The molecule has 3 rings (SSSR count). The van der Waals surface area contributed by atoms with E-state index in [0.717, 1.165) is 30.2 Å². The topological polar surface area (TPSA) is 45.2 Å². The molecule has 1 fully saturated rings. The second kappa shape index (κ2) is 5.95. The van der Waals surface area contributed by atoms with Crippen molar-refractivity contribution < 1.29 is 4.79 Å². The summed E-state index contributed by atoms with van der Waals surface area (Å²) in [5.74, 6) is 0.885. The summed E-state index contributed by atoms with van der Waals surface area (Å²) in [5, 5.41) is 2.88. The molecule has 1 aromatic heterocycles. The monoisotopic (exact) mass is 281 g/mol. The van der Waals surface area contributed by atoms with E-state index in [1.54, 1.807) is 6.20 Å². The van der Waals surface area contributed by atoms with E-state index in [1.165, 1.54) is 12.8 Å². The first-order valence-corrected chi connectivity index (χ1v) is 7.31. The van der Waals surface area contributed by atoms with Gasteiger partial charge in [0, 0.05) is 18.7 Å². The van der Waals surface area contributed by atoms with Crippen molar-refractivity contribution in [1.29, 1.82) is 0 Å². The second-order valence-corrected chi connectivity index (χ2v) is 5.42. The highest BCUT2D eigenvalue weighted by molar-refractivity contribution is 6.04. The van der Waals surface area contributed by atoms with Crippen LogP contribution in [0.2, 0.25) is 0 Å². The molecule has 1 N–H and O–H groups in total. The highest BCUT2D eigenvalue weighted by atomic mass is 16.1. The van der Waals surface area contributed by atoms with E-state index in [9.17, 15) is 4.79 Å². The van der Waals surface area contributed by atoms with Gasteiger partial charge in [0.05, 0.1) is 11.9 Å². The third-order valence-corrected chi connectivity index (χ3v) is 3.72. The van der Waals surface area contributed by atoms with E-state index < -0.39 is 0 Å². The van der Waals surface area contributed by atoms with Gasteiger partial charge in [-0.2, -0.15) is 0 Å². The second-order valence-electron chi connectivity index (χ2n) is 5.42. The minimum Gasteiger partial charge on any atom is -0.357 e. The zero-order chi connectivity index (χ0) is 14.7. The number of carbonyl (C=O) groups excluding carboxylic acids is 1. The van der Waals surface area contributed by atoms with Crippen LogP contribution >= 0.6 is 0 Å². The molecule has 0 unspecified atom stereocenters. The molecule has 1 amide bonds. The molecule has 21 heavy (non-hydrogen) atoms. The Labute approximate surface area is 124 Å². The van der Waals surface area contributed by atoms with E-state index in [4.69, 9.17) is 0 Å². The highest BCUT2D eigenvalue weighted by Crippen LogP contribution is 2.19. The quantitative estimate of drug-likeness (QED) is 0.939. The molecule has 2 heterocycles. The van der Waals surface area contributed by atoms with Gasteiger partial charge < -0.3 is 10.2 Å². The minimum absolute atomic E-state index is 0.102. The van der Waals surface area contributed by atoms with Gasteiger partial charge in [0.1, 0.15) is 5.82 Å². The van der Waals surface area contributed by atoms with Crippen LogP contribution in [-0.4, -0.2) is 24.0 Å². The Bertz CT molecular complexity index is 631. The van der Waals surface area contributed by atoms with Gasteiger partial charge >= 0.3 is 0 Å². The summed E-state index contributed by atoms with van der Waals surface area (Å²) in [7, 11) is 0. The molecule has 4 heteroatoms. The molecule has 0 aliphatic carbocycles. The fourth-order valence-electron chi connectivity index (χ4n) is 2.58. The number of anilines is 2. The number of carbonyl (C=O) groups is 1. The molecule has 1 aliphatic rings. The van der Waals surface area contributed by atoms with Crippen LogP contribution < -0.4 is 10.2 Å². The van der Waals surface area contributed by atoms with E-state index in [0.29, 0.717) is 5.56 Å². The molecule has 0 radical (unpaired) electrons. The van der Waals surface area contributed by atoms with Crippen molar-refractivity contribution in [1.82, 2.24) is 4.98 Å². The van der Waals surface area contributed by atoms with Gasteiger partial charge in [0.15, 0.2) is 0 Å². The molecule has 1 saturated heterocycles. The number of aromatic nitrogens is 1. The van der Waals surface area contributed by atoms with Gasteiger partial charge in [0.2, 0.25) is 0 Å². The maximum atomic E-state index is 12.2. The SMILES string of the molecule is Cc1cccc(C(=O)Nc2ccc(N3CCCC3)nc2)c1. The Morgan fingerprint density at radius 1 is 1.19 bits per heavy atom. The van der Waals surface area contributed by atoms with Crippen molar-refractivity contribution in [2.75, 3.05) is 23.3 Å². The Morgan fingerprint density at radius 3 is 2.67 bits per heavy atom. The van der Waals surface area contributed by atoms with Crippen LogP contribution in [0.25, 0.3) is 0 Å². The lowest BCUT2D eigenvalue weighted by molar-refractivity contribution is 0.102. The molecule has 4 nitrogen and oxygen atoms in total. The summed E-state index contributed by atoms with van der Waals surface area (Å²) in [6.45, 7) is 4.12. The number of benzene rings is 1. The zero-order valence-electron chi connectivity index (χ0n) is 12.2. The van der Waals surface area contributed by atoms with Gasteiger partial charge in [-0.1, -0.05) is 17.7 Å². The summed E-state index contributed by atoms with van der Waals surface area (Å²) >= 11 is 0. The average Bonchev–Trinajstić information content (AvgIpc) is 3.02. The number of amides is 1. The lowest BCUT2D eigenvalue weighted by Crippen LogP contribution is -2.19. The lowest BCUT2D eigenvalue weighted by Gasteiger charge is -2.16. The highest BCUT2D eigenvalue weighted by Gasteiger charge is 2.13. The Balaban J connectivity index is 1.68. The molecular formula is C17H19N3O. The van der Waals surface area contributed by atoms with Gasteiger partial charge in [-0.3, -0.25) is 4.79 Å². The fraction of sp³-hybridized carbons (Fsp3) is 0.294. The number of rotatable bonds is 3. The minimum atomic E-state index is -0.102. The van der Waals surface area contributed by atoms with E-state index >= 15 is 0 Å². The summed E-state index contributed by atoms with van der Waals surface area (Å²) in [4.78, 5) is 18.9. The maximum Gasteiger partial charge on any atom is 0.255 e. The van der Waals surface area contributed by atoms with Gasteiger partial charge in [-0.25, -0.2) is 4.98 Å². The number of aryl methyl sites for hydroxylation is 1. The summed E-state index contributed by atoms with van der Waals surface area (Å²) in [6, 6.07) is 11.4. The number of nitrogens with zero attached hydrogens (tertiary/aromatic N) is 2. The predicted octanol–water partition coefficient (Wildman–Crippen LogP) is 3.24. The molecule has 0 saturated carbocycles. The van der Waals surface area contributed by atoms with Crippen LogP contribution in [0.4, 0.5) is 11.5 Å². The molecule has 0 atom stereocenters. The van der Waals surface area contributed by atoms with Gasteiger partial charge in [0.25, 0.3) is 5.91 Å². The van der Waals surface area contributed by atoms with Crippen molar-refractivity contribution in [3.8, 4) is 0 Å². The van der Waals surface area contributed by atoms with Crippen molar-refractivity contribution in [3.63, 3.8) is 0 Å². The van der Waals surface area contributed by atoms with Crippen molar-refractivity contribution in [2.24, 2.45) is 0 Å². The van der Waals surface area contributed by atoms with Gasteiger partial charge in [-0.15, -0.1) is 0 Å². The summed E-state index contributed by atoms with van der Waals surface area (Å²) in [6.07, 6.45) is 4.18. The van der Waals surface area contributed by atoms with Crippen LogP contribution in [0.15, 0.2) is 42.6 Å². The molecule has 1 aromatic carbocycles. The Morgan fingerprint density at radius 2 is 2.00 bits per heavy atom. The normalized spacial score (nSPS) is 14.2. The summed E-state index contributed by atoms with van der Waals surface area (Å²) < 4.78 is 0. The van der Waals surface area contributed by atoms with Crippen molar-refractivity contribution >= 4 is 17.4 Å². The number of hydrogen-bond donors (Lipinski definition) is 1. The first-order valence-electron chi connectivity index (χ1n) is 7.31. The van der Waals surface area contributed by atoms with Crippen LogP contribution in [0, 0.1) is 6.92 Å². The summed E-state index contributed by atoms with van der Waals surface area (Å²) in [5.41, 5.74) is 2.47. The first-order chi connectivity index (χ1) is 10.2. The molecular weight excluding hydrogens is 262 g/mol. The molecule has 1 aliphatic heterocycles. The zero-order valence-corrected chi connectivity index (χ0v) is 12.2. The van der Waals surface area contributed by atoms with E-state index in [1.807, 2.05) is 43.3 Å². The fourth-order valence-corrected chi connectivity index (χ4v) is 2.58. The Kier molecular flexibility index (Phi) is 3.86. The smallest absolute Gasteiger partial charge is 0.255 e. The van der Waals surface area contributed by atoms with Gasteiger partial charge in [-0.05, 0) is 44.0 Å². The molecule has 108 valence electrons. The van der Waals surface area contributed by atoms with Crippen molar-refractivity contribution in [3.05, 3.63) is 53.7 Å². The lowest BCUT2D eigenvalue weighted by atomic mass is 10.1. The van der Waals surface area contributed by atoms with Crippen LogP contribution in [0.1, 0.15) is 28.8 Å². The maximum absolute atomic E-state index is 12.2. The largest absolute Gasteiger partial charge is 0.357 e. The number of hydrogen-bond acceptors (Lipinski definition) is 3. The number of pyridine rings is 1. The van der Waals surface area contributed by atoms with Crippen LogP contribution in [0.5, 0.6) is 0 Å².